The van der Waals surface area contributed by atoms with Crippen LogP contribution in [-0.2, 0) is 4.74 Å². The van der Waals surface area contributed by atoms with Crippen LogP contribution in [0.4, 0.5) is 11.4 Å². The minimum Gasteiger partial charge on any atom is -0.489 e. The fourth-order valence-corrected chi connectivity index (χ4v) is 2.90. The molecule has 4 heteroatoms. The Balaban J connectivity index is 1.80. The van der Waals surface area contributed by atoms with Crippen LogP contribution in [0.1, 0.15) is 26.7 Å². The van der Waals surface area contributed by atoms with Crippen molar-refractivity contribution in [1.29, 1.82) is 0 Å². The summed E-state index contributed by atoms with van der Waals surface area (Å²) in [6, 6.07) is 6.07. The van der Waals surface area contributed by atoms with E-state index in [4.69, 9.17) is 15.2 Å². The maximum absolute atomic E-state index is 5.97. The van der Waals surface area contributed by atoms with Crippen LogP contribution >= 0.6 is 0 Å². The van der Waals surface area contributed by atoms with Crippen LogP contribution in [0, 0.1) is 0 Å². The number of nitrogens with zero attached hydrogens (tertiary/aromatic N) is 1. The van der Waals surface area contributed by atoms with Crippen molar-refractivity contribution in [2.45, 2.75) is 45.0 Å². The van der Waals surface area contributed by atoms with Crippen LogP contribution < -0.4 is 15.4 Å². The molecule has 2 fully saturated rings. The van der Waals surface area contributed by atoms with Gasteiger partial charge in [-0.1, -0.05) is 0 Å². The third-order valence-corrected chi connectivity index (χ3v) is 3.77. The quantitative estimate of drug-likeness (QED) is 0.850. The van der Waals surface area contributed by atoms with Crippen LogP contribution in [0.3, 0.4) is 0 Å². The highest BCUT2D eigenvalue weighted by Gasteiger charge is 2.33. The number of benzene rings is 1. The normalized spacial score (nSPS) is 25.9. The minimum atomic E-state index is 0.137. The molecule has 0 amide bonds. The Morgan fingerprint density at radius 3 is 2.58 bits per heavy atom. The van der Waals surface area contributed by atoms with Crippen LogP contribution in [-0.4, -0.2) is 31.4 Å². The van der Waals surface area contributed by atoms with Crippen molar-refractivity contribution in [3.05, 3.63) is 18.2 Å². The summed E-state index contributed by atoms with van der Waals surface area (Å²) in [7, 11) is 0. The number of hydrogen-bond donors (Lipinski definition) is 1. The molecule has 2 N–H and O–H groups in total. The van der Waals surface area contributed by atoms with E-state index >= 15 is 0 Å². The molecule has 0 saturated carbocycles. The van der Waals surface area contributed by atoms with Crippen molar-refractivity contribution in [2.75, 3.05) is 23.7 Å². The predicted molar refractivity (Wildman–Crippen MR) is 76.7 cm³/mol. The third-order valence-electron chi connectivity index (χ3n) is 3.77. The molecule has 1 aromatic carbocycles. The van der Waals surface area contributed by atoms with Gasteiger partial charge in [-0.25, -0.2) is 0 Å². The first-order valence-electron chi connectivity index (χ1n) is 7.08. The third kappa shape index (κ3) is 2.63. The van der Waals surface area contributed by atoms with Crippen LogP contribution in [0.2, 0.25) is 0 Å². The van der Waals surface area contributed by atoms with E-state index in [-0.39, 0.29) is 6.10 Å². The summed E-state index contributed by atoms with van der Waals surface area (Å²) < 4.78 is 11.6. The lowest BCUT2D eigenvalue weighted by molar-refractivity contribution is 0.0305. The van der Waals surface area contributed by atoms with Crippen molar-refractivity contribution < 1.29 is 9.47 Å². The van der Waals surface area contributed by atoms with Crippen molar-refractivity contribution >= 4 is 11.4 Å². The van der Waals surface area contributed by atoms with Gasteiger partial charge in [0, 0.05) is 24.8 Å². The molecule has 0 spiro atoms. The molecule has 0 aliphatic carbocycles. The Kier molecular flexibility index (Phi) is 3.27. The Labute approximate surface area is 114 Å². The lowest BCUT2D eigenvalue weighted by Gasteiger charge is -2.34. The molecule has 1 aromatic rings. The molecule has 2 aliphatic rings. The van der Waals surface area contributed by atoms with E-state index in [1.807, 2.05) is 19.9 Å². The summed E-state index contributed by atoms with van der Waals surface area (Å²) >= 11 is 0. The van der Waals surface area contributed by atoms with Gasteiger partial charge in [0.2, 0.25) is 0 Å². The maximum atomic E-state index is 5.97. The highest BCUT2D eigenvalue weighted by atomic mass is 16.5. The van der Waals surface area contributed by atoms with Crippen LogP contribution in [0.5, 0.6) is 5.75 Å². The topological polar surface area (TPSA) is 47.7 Å². The largest absolute Gasteiger partial charge is 0.489 e. The first kappa shape index (κ1) is 12.6. The summed E-state index contributed by atoms with van der Waals surface area (Å²) in [5.74, 6) is 0.784. The van der Waals surface area contributed by atoms with E-state index in [9.17, 15) is 0 Å². The second kappa shape index (κ2) is 4.93. The molecule has 2 aliphatic heterocycles. The van der Waals surface area contributed by atoms with Gasteiger partial charge in [-0.05, 0) is 38.8 Å². The predicted octanol–water partition coefficient (Wildman–Crippen LogP) is 2.42. The first-order valence-corrected chi connectivity index (χ1v) is 7.08. The van der Waals surface area contributed by atoms with Gasteiger partial charge in [0.05, 0.1) is 24.0 Å². The number of morpholine rings is 1. The van der Waals surface area contributed by atoms with E-state index in [0.717, 1.165) is 18.8 Å². The van der Waals surface area contributed by atoms with Crippen molar-refractivity contribution in [2.24, 2.45) is 0 Å². The molecule has 2 bridgehead atoms. The molecule has 0 radical (unpaired) electrons. The van der Waals surface area contributed by atoms with E-state index < -0.39 is 0 Å². The first-order chi connectivity index (χ1) is 9.11. The summed E-state index contributed by atoms with van der Waals surface area (Å²) in [6.07, 6.45) is 3.30. The zero-order chi connectivity index (χ0) is 13.4. The minimum absolute atomic E-state index is 0.137. The molecule has 4 nitrogen and oxygen atoms in total. The molecule has 104 valence electrons. The average molecular weight is 262 g/mol. The average Bonchev–Trinajstić information content (AvgIpc) is 2.70. The zero-order valence-electron chi connectivity index (χ0n) is 11.6. The lowest BCUT2D eigenvalue weighted by atomic mass is 10.2. The molecule has 2 unspecified atom stereocenters. The fourth-order valence-electron chi connectivity index (χ4n) is 2.90. The molecule has 19 heavy (non-hydrogen) atoms. The van der Waals surface area contributed by atoms with Gasteiger partial charge in [0.15, 0.2) is 0 Å². The van der Waals surface area contributed by atoms with Gasteiger partial charge < -0.3 is 20.1 Å². The SMILES string of the molecule is CC(C)Oc1cc(N2CC3CCC(C2)O3)ccc1N. The molecule has 0 aromatic heterocycles. The van der Waals surface area contributed by atoms with Gasteiger partial charge in [-0.3, -0.25) is 0 Å². The Morgan fingerprint density at radius 1 is 1.26 bits per heavy atom. The molecular weight excluding hydrogens is 240 g/mol. The van der Waals surface area contributed by atoms with Gasteiger partial charge in [-0.2, -0.15) is 0 Å². The van der Waals surface area contributed by atoms with Gasteiger partial charge in [-0.15, -0.1) is 0 Å². The van der Waals surface area contributed by atoms with E-state index in [1.54, 1.807) is 0 Å². The Morgan fingerprint density at radius 2 is 1.95 bits per heavy atom. The summed E-state index contributed by atoms with van der Waals surface area (Å²) in [6.45, 7) is 5.98. The fraction of sp³-hybridized carbons (Fsp3) is 0.600. The number of nitrogen functional groups attached to an aromatic ring is 1. The number of rotatable bonds is 3. The molecule has 2 saturated heterocycles. The van der Waals surface area contributed by atoms with Crippen molar-refractivity contribution in [1.82, 2.24) is 0 Å². The number of fused-ring (bicyclic) bond motifs is 2. The lowest BCUT2D eigenvalue weighted by Crippen LogP contribution is -2.42. The number of nitrogens with two attached hydrogens (primary N) is 1. The molecule has 2 heterocycles. The van der Waals surface area contributed by atoms with Gasteiger partial charge >= 0.3 is 0 Å². The van der Waals surface area contributed by atoms with Crippen LogP contribution in [0.25, 0.3) is 0 Å². The Bertz CT molecular complexity index is 449. The highest BCUT2D eigenvalue weighted by molar-refractivity contribution is 5.62. The number of ether oxygens (including phenoxy) is 2. The number of anilines is 2. The highest BCUT2D eigenvalue weighted by Crippen LogP contribution is 2.33. The Hall–Kier alpha value is -1.42. The van der Waals surface area contributed by atoms with E-state index in [0.29, 0.717) is 17.9 Å². The van der Waals surface area contributed by atoms with Crippen molar-refractivity contribution in [3.8, 4) is 5.75 Å². The monoisotopic (exact) mass is 262 g/mol. The van der Waals surface area contributed by atoms with E-state index in [2.05, 4.69) is 17.0 Å². The smallest absolute Gasteiger partial charge is 0.144 e. The zero-order valence-corrected chi connectivity index (χ0v) is 11.6. The summed E-state index contributed by atoms with van der Waals surface area (Å²) in [4.78, 5) is 2.39. The van der Waals surface area contributed by atoms with Gasteiger partial charge in [0.25, 0.3) is 0 Å². The molecular formula is C15H22N2O2. The van der Waals surface area contributed by atoms with Crippen LogP contribution in [0.15, 0.2) is 18.2 Å². The molecule has 3 rings (SSSR count). The number of hydrogen-bond acceptors (Lipinski definition) is 4. The maximum Gasteiger partial charge on any atom is 0.144 e. The van der Waals surface area contributed by atoms with Gasteiger partial charge in [0.1, 0.15) is 5.75 Å². The standard InChI is InChI=1S/C15H22N2O2/c1-10(2)18-15-7-11(3-6-14(15)16)17-8-12-4-5-13(9-17)19-12/h3,6-7,10,12-13H,4-5,8-9,16H2,1-2H3. The van der Waals surface area contributed by atoms with E-state index in [1.165, 1.54) is 18.5 Å². The second-order valence-corrected chi connectivity index (χ2v) is 5.75. The second-order valence-electron chi connectivity index (χ2n) is 5.75. The summed E-state index contributed by atoms with van der Waals surface area (Å²) in [5, 5.41) is 0. The van der Waals surface area contributed by atoms with Crippen molar-refractivity contribution in [3.63, 3.8) is 0 Å². The summed E-state index contributed by atoms with van der Waals surface area (Å²) in [5.41, 5.74) is 7.85. The molecule has 2 atom stereocenters.